The predicted octanol–water partition coefficient (Wildman–Crippen LogP) is 4.04. The monoisotopic (exact) mass is 234 g/mol. The standard InChI is InChI=1S/C10H15ClS2/c1-9(2-5-11)13-7-4-10-3-6-12-8-10/h3,6,8-9H,2,4-5,7H2,1H3. The third-order valence-corrected chi connectivity index (χ3v) is 4.08. The first-order chi connectivity index (χ1) is 6.33. The van der Waals surface area contributed by atoms with E-state index in [0.717, 1.165) is 12.3 Å². The topological polar surface area (TPSA) is 0 Å². The van der Waals surface area contributed by atoms with Crippen molar-refractivity contribution in [1.29, 1.82) is 0 Å². The lowest BCUT2D eigenvalue weighted by Crippen LogP contribution is -1.99. The summed E-state index contributed by atoms with van der Waals surface area (Å²) in [6.45, 7) is 2.25. The molecule has 1 unspecified atom stereocenters. The van der Waals surface area contributed by atoms with E-state index in [1.54, 1.807) is 11.3 Å². The second kappa shape index (κ2) is 6.74. The molecule has 3 heteroatoms. The zero-order valence-electron chi connectivity index (χ0n) is 7.83. The Morgan fingerprint density at radius 3 is 3.08 bits per heavy atom. The zero-order valence-corrected chi connectivity index (χ0v) is 10.2. The first kappa shape index (κ1) is 11.4. The van der Waals surface area contributed by atoms with Crippen LogP contribution in [0.25, 0.3) is 0 Å². The van der Waals surface area contributed by atoms with Crippen molar-refractivity contribution in [2.45, 2.75) is 25.0 Å². The fourth-order valence-corrected chi connectivity index (χ4v) is 3.25. The molecule has 0 aliphatic rings. The summed E-state index contributed by atoms with van der Waals surface area (Å²) >= 11 is 9.46. The van der Waals surface area contributed by atoms with Crippen molar-refractivity contribution in [2.75, 3.05) is 11.6 Å². The number of thioether (sulfide) groups is 1. The van der Waals surface area contributed by atoms with Gasteiger partial charge in [-0.25, -0.2) is 0 Å². The van der Waals surface area contributed by atoms with E-state index in [4.69, 9.17) is 11.6 Å². The van der Waals surface area contributed by atoms with Crippen LogP contribution in [0.4, 0.5) is 0 Å². The molecule has 1 rings (SSSR count). The first-order valence-electron chi connectivity index (χ1n) is 4.51. The number of hydrogen-bond donors (Lipinski definition) is 0. The Kier molecular flexibility index (Phi) is 5.92. The number of alkyl halides is 1. The molecule has 0 aliphatic heterocycles. The quantitative estimate of drug-likeness (QED) is 0.670. The van der Waals surface area contributed by atoms with Gasteiger partial charge in [0, 0.05) is 11.1 Å². The van der Waals surface area contributed by atoms with Crippen molar-refractivity contribution in [3.8, 4) is 0 Å². The molecule has 74 valence electrons. The summed E-state index contributed by atoms with van der Waals surface area (Å²) in [6.07, 6.45) is 2.32. The second-order valence-corrected chi connectivity index (χ2v) is 5.74. The highest BCUT2D eigenvalue weighted by Crippen LogP contribution is 2.17. The molecule has 1 atom stereocenters. The summed E-state index contributed by atoms with van der Waals surface area (Å²) in [7, 11) is 0. The average molecular weight is 235 g/mol. The maximum Gasteiger partial charge on any atom is 0.0233 e. The van der Waals surface area contributed by atoms with Crippen LogP contribution in [0.2, 0.25) is 0 Å². The summed E-state index contributed by atoms with van der Waals surface area (Å²) in [5, 5.41) is 5.07. The predicted molar refractivity (Wildman–Crippen MR) is 65.3 cm³/mol. The van der Waals surface area contributed by atoms with Crippen LogP contribution in [0.5, 0.6) is 0 Å². The van der Waals surface area contributed by atoms with Crippen LogP contribution >= 0.6 is 34.7 Å². The fourth-order valence-electron chi connectivity index (χ4n) is 1.05. The minimum Gasteiger partial charge on any atom is -0.158 e. The molecule has 0 N–H and O–H groups in total. The molecule has 0 radical (unpaired) electrons. The average Bonchev–Trinajstić information content (AvgIpc) is 2.57. The largest absolute Gasteiger partial charge is 0.158 e. The molecule has 1 aromatic heterocycles. The van der Waals surface area contributed by atoms with Gasteiger partial charge in [-0.3, -0.25) is 0 Å². The van der Waals surface area contributed by atoms with Crippen LogP contribution in [0, 0.1) is 0 Å². The van der Waals surface area contributed by atoms with Crippen molar-refractivity contribution in [3.05, 3.63) is 22.4 Å². The van der Waals surface area contributed by atoms with Crippen molar-refractivity contribution in [1.82, 2.24) is 0 Å². The van der Waals surface area contributed by atoms with Crippen LogP contribution in [-0.4, -0.2) is 16.9 Å². The van der Waals surface area contributed by atoms with Gasteiger partial charge in [0.1, 0.15) is 0 Å². The smallest absolute Gasteiger partial charge is 0.0233 e. The minimum absolute atomic E-state index is 0.705. The van der Waals surface area contributed by atoms with Crippen LogP contribution in [0.15, 0.2) is 16.8 Å². The molecule has 0 fully saturated rings. The molecule has 0 spiro atoms. The van der Waals surface area contributed by atoms with Crippen LogP contribution < -0.4 is 0 Å². The van der Waals surface area contributed by atoms with Gasteiger partial charge < -0.3 is 0 Å². The number of aryl methyl sites for hydroxylation is 1. The maximum absolute atomic E-state index is 5.66. The summed E-state index contributed by atoms with van der Waals surface area (Å²) in [5.74, 6) is 2.00. The molecule has 0 saturated carbocycles. The number of rotatable bonds is 6. The summed E-state index contributed by atoms with van der Waals surface area (Å²) in [5.41, 5.74) is 1.47. The highest BCUT2D eigenvalue weighted by Gasteiger charge is 2.01. The van der Waals surface area contributed by atoms with E-state index < -0.39 is 0 Å². The molecular weight excluding hydrogens is 220 g/mol. The Bertz CT molecular complexity index is 209. The van der Waals surface area contributed by atoms with E-state index >= 15 is 0 Å². The lowest BCUT2D eigenvalue weighted by atomic mass is 10.3. The van der Waals surface area contributed by atoms with Crippen molar-refractivity contribution in [2.24, 2.45) is 0 Å². The van der Waals surface area contributed by atoms with E-state index in [0.29, 0.717) is 5.25 Å². The van der Waals surface area contributed by atoms with Crippen molar-refractivity contribution >= 4 is 34.7 Å². The zero-order chi connectivity index (χ0) is 9.52. The molecule has 13 heavy (non-hydrogen) atoms. The molecule has 0 aromatic carbocycles. The van der Waals surface area contributed by atoms with Crippen LogP contribution in [-0.2, 0) is 6.42 Å². The van der Waals surface area contributed by atoms with Crippen LogP contribution in [0.1, 0.15) is 18.9 Å². The lowest BCUT2D eigenvalue weighted by molar-refractivity contribution is 0.910. The van der Waals surface area contributed by atoms with Gasteiger partial charge in [-0.05, 0) is 41.0 Å². The molecular formula is C10H15ClS2. The molecule has 0 saturated heterocycles. The van der Waals surface area contributed by atoms with Gasteiger partial charge in [-0.2, -0.15) is 23.1 Å². The van der Waals surface area contributed by atoms with Gasteiger partial charge in [0.25, 0.3) is 0 Å². The van der Waals surface area contributed by atoms with Gasteiger partial charge in [0.05, 0.1) is 0 Å². The maximum atomic E-state index is 5.66. The van der Waals surface area contributed by atoms with Gasteiger partial charge in [0.2, 0.25) is 0 Å². The first-order valence-corrected chi connectivity index (χ1v) is 7.04. The summed E-state index contributed by atoms with van der Waals surface area (Å²) in [4.78, 5) is 0. The van der Waals surface area contributed by atoms with Gasteiger partial charge in [-0.15, -0.1) is 11.6 Å². The van der Waals surface area contributed by atoms with Gasteiger partial charge >= 0.3 is 0 Å². The summed E-state index contributed by atoms with van der Waals surface area (Å²) in [6, 6.07) is 2.21. The normalized spacial score (nSPS) is 13.1. The number of hydrogen-bond acceptors (Lipinski definition) is 2. The molecule has 1 aromatic rings. The molecule has 0 bridgehead atoms. The third kappa shape index (κ3) is 4.94. The van der Waals surface area contributed by atoms with E-state index in [1.807, 2.05) is 11.8 Å². The van der Waals surface area contributed by atoms with E-state index in [-0.39, 0.29) is 0 Å². The van der Waals surface area contributed by atoms with Gasteiger partial charge in [-0.1, -0.05) is 6.92 Å². The second-order valence-electron chi connectivity index (χ2n) is 3.04. The Balaban J connectivity index is 2.07. The third-order valence-electron chi connectivity index (χ3n) is 1.89. The highest BCUT2D eigenvalue weighted by atomic mass is 35.5. The highest BCUT2D eigenvalue weighted by molar-refractivity contribution is 7.99. The molecule has 0 amide bonds. The van der Waals surface area contributed by atoms with Gasteiger partial charge in [0.15, 0.2) is 0 Å². The Labute approximate surface area is 93.7 Å². The number of thiophene rings is 1. The molecule has 0 nitrogen and oxygen atoms in total. The minimum atomic E-state index is 0.705. The Morgan fingerprint density at radius 1 is 1.62 bits per heavy atom. The van der Waals surface area contributed by atoms with E-state index in [2.05, 4.69) is 23.8 Å². The SMILES string of the molecule is CC(CCCl)SCCc1ccsc1. The Morgan fingerprint density at radius 2 is 2.46 bits per heavy atom. The van der Waals surface area contributed by atoms with Crippen molar-refractivity contribution < 1.29 is 0 Å². The Hall–Kier alpha value is 0.340. The van der Waals surface area contributed by atoms with E-state index in [1.165, 1.54) is 17.7 Å². The summed E-state index contributed by atoms with van der Waals surface area (Å²) < 4.78 is 0. The van der Waals surface area contributed by atoms with Crippen LogP contribution in [0.3, 0.4) is 0 Å². The molecule has 1 heterocycles. The molecule has 0 aliphatic carbocycles. The fraction of sp³-hybridized carbons (Fsp3) is 0.600. The van der Waals surface area contributed by atoms with Crippen molar-refractivity contribution in [3.63, 3.8) is 0 Å². The number of halogens is 1. The lowest BCUT2D eigenvalue weighted by Gasteiger charge is -2.07. The van der Waals surface area contributed by atoms with E-state index in [9.17, 15) is 0 Å².